The number of benzene rings is 2. The number of nitrogens with one attached hydrogen (secondary N) is 2. The Morgan fingerprint density at radius 2 is 1.79 bits per heavy atom. The molecule has 1 aliphatic rings. The summed E-state index contributed by atoms with van der Waals surface area (Å²) in [5.41, 5.74) is 3.48. The smallest absolute Gasteiger partial charge is 0.225 e. The normalized spacial score (nSPS) is 17.5. The maximum absolute atomic E-state index is 12.3. The van der Waals surface area contributed by atoms with Gasteiger partial charge in [-0.3, -0.25) is 9.59 Å². The molecule has 2 N–H and O–H groups in total. The first kappa shape index (κ1) is 19.9. The molecule has 1 heterocycles. The zero-order valence-corrected chi connectivity index (χ0v) is 16.5. The molecule has 0 spiro atoms. The van der Waals surface area contributed by atoms with Gasteiger partial charge in [-0.1, -0.05) is 36.4 Å². The summed E-state index contributed by atoms with van der Waals surface area (Å²) in [5, 5.41) is 5.83. The lowest BCUT2D eigenvalue weighted by Crippen LogP contribution is -2.45. The Morgan fingerprint density at radius 3 is 2.36 bits per heavy atom. The van der Waals surface area contributed by atoms with Crippen LogP contribution in [-0.4, -0.2) is 31.0 Å². The summed E-state index contributed by atoms with van der Waals surface area (Å²) in [6, 6.07) is 16.6. The molecule has 28 heavy (non-hydrogen) atoms. The van der Waals surface area contributed by atoms with E-state index >= 15 is 0 Å². The molecule has 2 aromatic rings. The lowest BCUT2D eigenvalue weighted by Gasteiger charge is -2.23. The number of hydrogen-bond donors (Lipinski definition) is 2. The van der Waals surface area contributed by atoms with Crippen LogP contribution in [0.25, 0.3) is 11.1 Å². The van der Waals surface area contributed by atoms with Crippen molar-refractivity contribution in [3.8, 4) is 16.9 Å². The lowest BCUT2D eigenvalue weighted by molar-refractivity contribution is -0.129. The second-order valence-electron chi connectivity index (χ2n) is 7.31. The van der Waals surface area contributed by atoms with Crippen molar-refractivity contribution in [2.24, 2.45) is 5.92 Å². The van der Waals surface area contributed by atoms with Crippen LogP contribution in [-0.2, 0) is 16.0 Å². The van der Waals surface area contributed by atoms with Crippen molar-refractivity contribution in [3.63, 3.8) is 0 Å². The number of carbonyl (C=O) groups is 2. The Bertz CT molecular complexity index is 790. The minimum Gasteiger partial charge on any atom is -0.494 e. The standard InChI is InChI=1S/C23H28N2O3/c1-3-28-21-11-8-19(9-12-21)18-6-4-17(5-7-18)14-16(2)25-23(27)20-10-13-22(26)24-15-20/h4-9,11-12,16,20H,3,10,13-15H2,1-2H3,(H,24,26)(H,25,27). The quantitative estimate of drug-likeness (QED) is 0.774. The molecule has 0 aromatic heterocycles. The van der Waals surface area contributed by atoms with Crippen molar-refractivity contribution in [2.75, 3.05) is 13.2 Å². The van der Waals surface area contributed by atoms with E-state index in [1.165, 1.54) is 5.56 Å². The van der Waals surface area contributed by atoms with E-state index in [0.29, 0.717) is 26.0 Å². The van der Waals surface area contributed by atoms with Crippen LogP contribution in [0, 0.1) is 5.92 Å². The molecule has 3 rings (SSSR count). The average molecular weight is 380 g/mol. The van der Waals surface area contributed by atoms with Crippen molar-refractivity contribution < 1.29 is 14.3 Å². The van der Waals surface area contributed by atoms with Crippen LogP contribution < -0.4 is 15.4 Å². The number of amides is 2. The van der Waals surface area contributed by atoms with E-state index in [0.717, 1.165) is 23.3 Å². The van der Waals surface area contributed by atoms with Gasteiger partial charge < -0.3 is 15.4 Å². The van der Waals surface area contributed by atoms with Crippen LogP contribution in [0.2, 0.25) is 0 Å². The maximum atomic E-state index is 12.3. The minimum absolute atomic E-state index is 0.0264. The molecule has 1 aliphatic heterocycles. The molecular weight excluding hydrogens is 352 g/mol. The number of carbonyl (C=O) groups excluding carboxylic acids is 2. The summed E-state index contributed by atoms with van der Waals surface area (Å²) in [4.78, 5) is 23.6. The molecule has 5 heteroatoms. The van der Waals surface area contributed by atoms with Gasteiger partial charge >= 0.3 is 0 Å². The third-order valence-electron chi connectivity index (χ3n) is 5.02. The van der Waals surface area contributed by atoms with E-state index in [2.05, 4.69) is 47.0 Å². The van der Waals surface area contributed by atoms with Crippen molar-refractivity contribution in [1.29, 1.82) is 0 Å². The Morgan fingerprint density at radius 1 is 1.14 bits per heavy atom. The fourth-order valence-electron chi connectivity index (χ4n) is 3.47. The van der Waals surface area contributed by atoms with E-state index in [1.54, 1.807) is 0 Å². The lowest BCUT2D eigenvalue weighted by atomic mass is 9.97. The summed E-state index contributed by atoms with van der Waals surface area (Å²) < 4.78 is 5.49. The highest BCUT2D eigenvalue weighted by Gasteiger charge is 2.25. The zero-order chi connectivity index (χ0) is 19.9. The molecular formula is C23H28N2O3. The molecule has 2 amide bonds. The number of hydrogen-bond acceptors (Lipinski definition) is 3. The largest absolute Gasteiger partial charge is 0.494 e. The van der Waals surface area contributed by atoms with Gasteiger partial charge in [0, 0.05) is 19.0 Å². The van der Waals surface area contributed by atoms with Gasteiger partial charge in [0.25, 0.3) is 0 Å². The first-order valence-corrected chi connectivity index (χ1v) is 9.94. The first-order chi connectivity index (χ1) is 13.5. The second-order valence-corrected chi connectivity index (χ2v) is 7.31. The Hall–Kier alpha value is -2.82. The van der Waals surface area contributed by atoms with E-state index in [4.69, 9.17) is 4.74 Å². The van der Waals surface area contributed by atoms with E-state index in [-0.39, 0.29) is 23.8 Å². The van der Waals surface area contributed by atoms with Gasteiger partial charge in [-0.15, -0.1) is 0 Å². The molecule has 0 bridgehead atoms. The molecule has 2 unspecified atom stereocenters. The predicted molar refractivity (Wildman–Crippen MR) is 110 cm³/mol. The second kappa shape index (κ2) is 9.40. The summed E-state index contributed by atoms with van der Waals surface area (Å²) in [5.74, 6) is 0.815. The molecule has 2 aromatic carbocycles. The molecule has 0 aliphatic carbocycles. The third-order valence-corrected chi connectivity index (χ3v) is 5.02. The predicted octanol–water partition coefficient (Wildman–Crippen LogP) is 3.33. The van der Waals surface area contributed by atoms with Crippen LogP contribution in [0.15, 0.2) is 48.5 Å². The Kier molecular flexibility index (Phi) is 6.69. The first-order valence-electron chi connectivity index (χ1n) is 9.94. The van der Waals surface area contributed by atoms with Crippen molar-refractivity contribution >= 4 is 11.8 Å². The van der Waals surface area contributed by atoms with E-state index in [1.807, 2.05) is 26.0 Å². The molecule has 0 saturated carbocycles. The molecule has 1 fully saturated rings. The summed E-state index contributed by atoms with van der Waals surface area (Å²) in [6.45, 7) is 5.09. The van der Waals surface area contributed by atoms with Crippen LogP contribution >= 0.6 is 0 Å². The number of ether oxygens (including phenoxy) is 1. The van der Waals surface area contributed by atoms with Gasteiger partial charge in [0.15, 0.2) is 0 Å². The number of rotatable bonds is 7. The molecule has 148 valence electrons. The monoisotopic (exact) mass is 380 g/mol. The van der Waals surface area contributed by atoms with Crippen molar-refractivity contribution in [1.82, 2.24) is 10.6 Å². The zero-order valence-electron chi connectivity index (χ0n) is 16.5. The third kappa shape index (κ3) is 5.35. The maximum Gasteiger partial charge on any atom is 0.225 e. The SMILES string of the molecule is CCOc1ccc(-c2ccc(CC(C)NC(=O)C3CCC(=O)NC3)cc2)cc1. The minimum atomic E-state index is -0.123. The van der Waals surface area contributed by atoms with Crippen molar-refractivity contribution in [2.45, 2.75) is 39.2 Å². The van der Waals surface area contributed by atoms with Crippen LogP contribution in [0.5, 0.6) is 5.75 Å². The van der Waals surface area contributed by atoms with Gasteiger partial charge in [-0.25, -0.2) is 0 Å². The van der Waals surface area contributed by atoms with Gasteiger partial charge in [-0.05, 0) is 55.5 Å². The van der Waals surface area contributed by atoms with Crippen molar-refractivity contribution in [3.05, 3.63) is 54.1 Å². The Labute approximate surface area is 166 Å². The summed E-state index contributed by atoms with van der Waals surface area (Å²) in [6.07, 6.45) is 1.83. The topological polar surface area (TPSA) is 67.4 Å². The molecule has 0 radical (unpaired) electrons. The molecule has 2 atom stereocenters. The average Bonchev–Trinajstić information content (AvgIpc) is 2.70. The van der Waals surface area contributed by atoms with E-state index in [9.17, 15) is 9.59 Å². The summed E-state index contributed by atoms with van der Waals surface area (Å²) >= 11 is 0. The molecule has 1 saturated heterocycles. The van der Waals surface area contributed by atoms with E-state index < -0.39 is 0 Å². The van der Waals surface area contributed by atoms with Gasteiger partial charge in [0.05, 0.1) is 12.5 Å². The van der Waals surface area contributed by atoms with Gasteiger partial charge in [-0.2, -0.15) is 0 Å². The number of piperidine rings is 1. The Balaban J connectivity index is 1.53. The fourth-order valence-corrected chi connectivity index (χ4v) is 3.47. The molecule has 5 nitrogen and oxygen atoms in total. The summed E-state index contributed by atoms with van der Waals surface area (Å²) in [7, 11) is 0. The van der Waals surface area contributed by atoms with Gasteiger partial charge in [0.1, 0.15) is 5.75 Å². The van der Waals surface area contributed by atoms with Crippen LogP contribution in [0.3, 0.4) is 0 Å². The van der Waals surface area contributed by atoms with Crippen LogP contribution in [0.1, 0.15) is 32.3 Å². The van der Waals surface area contributed by atoms with Crippen LogP contribution in [0.4, 0.5) is 0 Å². The van der Waals surface area contributed by atoms with Gasteiger partial charge in [0.2, 0.25) is 11.8 Å². The highest BCUT2D eigenvalue weighted by atomic mass is 16.5. The highest BCUT2D eigenvalue weighted by molar-refractivity contribution is 5.83. The fraction of sp³-hybridized carbons (Fsp3) is 0.391. The highest BCUT2D eigenvalue weighted by Crippen LogP contribution is 2.23.